The van der Waals surface area contributed by atoms with E-state index in [1.165, 1.54) is 0 Å². The number of amides is 7. The van der Waals surface area contributed by atoms with Crippen molar-refractivity contribution in [3.8, 4) is 0 Å². The minimum absolute atomic E-state index is 0.0316. The summed E-state index contributed by atoms with van der Waals surface area (Å²) in [6.07, 6.45) is 3.04. The maximum Gasteiger partial charge on any atom is 0.326 e. The molecule has 0 aliphatic rings. The van der Waals surface area contributed by atoms with E-state index in [1.807, 2.05) is 34.6 Å². The molecular formula is C38H72N10O9S. The largest absolute Gasteiger partial charge is 0.480 e. The summed E-state index contributed by atoms with van der Waals surface area (Å²) in [4.78, 5) is 104. The lowest BCUT2D eigenvalue weighted by molar-refractivity contribution is -0.143. The second-order valence-electron chi connectivity index (χ2n) is 15.6. The van der Waals surface area contributed by atoms with E-state index in [4.69, 9.17) is 22.9 Å². The summed E-state index contributed by atoms with van der Waals surface area (Å²) >= 11 is 4.24. The number of hydrogen-bond donors (Lipinski definition) is 12. The Morgan fingerprint density at radius 1 is 0.569 bits per heavy atom. The van der Waals surface area contributed by atoms with Crippen molar-refractivity contribution in [3.05, 3.63) is 0 Å². The van der Waals surface area contributed by atoms with Crippen LogP contribution in [0.1, 0.15) is 112 Å². The molecule has 0 heterocycles. The Morgan fingerprint density at radius 2 is 1.00 bits per heavy atom. The van der Waals surface area contributed by atoms with Crippen molar-refractivity contribution in [3.63, 3.8) is 0 Å². The van der Waals surface area contributed by atoms with E-state index in [9.17, 15) is 43.5 Å². The quantitative estimate of drug-likeness (QED) is 0.0292. The van der Waals surface area contributed by atoms with Crippen LogP contribution in [0.3, 0.4) is 0 Å². The van der Waals surface area contributed by atoms with E-state index in [2.05, 4.69) is 44.5 Å². The van der Waals surface area contributed by atoms with Crippen LogP contribution in [0.4, 0.5) is 0 Å². The predicted octanol–water partition coefficient (Wildman–Crippen LogP) is -1.10. The minimum Gasteiger partial charge on any atom is -0.480 e. The summed E-state index contributed by atoms with van der Waals surface area (Å²) in [7, 11) is 0. The molecule has 15 N–H and O–H groups in total. The number of carboxylic acid groups (broad SMARTS) is 1. The Labute approximate surface area is 348 Å². The highest BCUT2D eigenvalue weighted by Crippen LogP contribution is 2.13. The van der Waals surface area contributed by atoms with Crippen LogP contribution in [-0.2, 0) is 38.4 Å². The van der Waals surface area contributed by atoms with Gasteiger partial charge in [0.25, 0.3) is 0 Å². The summed E-state index contributed by atoms with van der Waals surface area (Å²) in [5.74, 6) is -7.10. The molecule has 8 atom stereocenters. The summed E-state index contributed by atoms with van der Waals surface area (Å²) < 4.78 is 0. The molecule has 0 fully saturated rings. The van der Waals surface area contributed by atoms with Crippen molar-refractivity contribution >= 4 is 59.9 Å². The first-order valence-corrected chi connectivity index (χ1v) is 21.0. The van der Waals surface area contributed by atoms with Crippen molar-refractivity contribution < 1.29 is 43.5 Å². The zero-order valence-corrected chi connectivity index (χ0v) is 36.0. The highest BCUT2D eigenvalue weighted by molar-refractivity contribution is 7.80. The number of carbonyl (C=O) groups is 8. The molecule has 0 spiro atoms. The van der Waals surface area contributed by atoms with Crippen LogP contribution in [-0.4, -0.2) is 114 Å². The number of aliphatic carboxylic acids is 1. The van der Waals surface area contributed by atoms with Crippen molar-refractivity contribution in [2.75, 3.05) is 18.8 Å². The number of hydrogen-bond acceptors (Lipinski definition) is 12. The normalized spacial score (nSPS) is 15.4. The van der Waals surface area contributed by atoms with Gasteiger partial charge in [-0.25, -0.2) is 4.79 Å². The molecule has 58 heavy (non-hydrogen) atoms. The standard InChI is InChI=1S/C38H72N10O9S/c1-7-23(6)31(37(55)46-28(38(56)57)19-22(4)5)48-35(53)27(18-21(2)3)45-36(54)29(20-58)47-34(52)26(14-15-30(42)49)44-33(51)25(13-9-11-17-40)43-32(50)24(41)12-8-10-16-39/h21-29,31,58H,7-20,39-41H2,1-6H3,(H2,42,49)(H,43,50)(H,44,51)(H,45,54)(H,46,55)(H,47,52)(H,48,53)(H,56,57). The molecule has 0 saturated heterocycles. The number of nitrogens with two attached hydrogens (primary N) is 4. The van der Waals surface area contributed by atoms with Gasteiger partial charge in [0.15, 0.2) is 0 Å². The van der Waals surface area contributed by atoms with Gasteiger partial charge in [0.1, 0.15) is 36.3 Å². The number of carbonyl (C=O) groups excluding carboxylic acids is 7. The van der Waals surface area contributed by atoms with Crippen molar-refractivity contribution in [2.45, 2.75) is 154 Å². The summed E-state index contributed by atoms with van der Waals surface area (Å²) in [6.45, 7) is 11.6. The second-order valence-corrected chi connectivity index (χ2v) is 16.0. The molecule has 7 amide bonds. The van der Waals surface area contributed by atoms with Gasteiger partial charge in [-0.2, -0.15) is 12.6 Å². The lowest BCUT2D eigenvalue weighted by Crippen LogP contribution is -2.61. The predicted molar refractivity (Wildman–Crippen MR) is 224 cm³/mol. The topological polar surface area (TPSA) is 333 Å². The van der Waals surface area contributed by atoms with Gasteiger partial charge in [-0.1, -0.05) is 54.4 Å². The SMILES string of the molecule is CCC(C)C(NC(=O)C(CC(C)C)NC(=O)C(CS)NC(=O)C(CCC(N)=O)NC(=O)C(CCCCN)NC(=O)C(N)CCCCN)C(=O)NC(CC(C)C)C(=O)O. The molecule has 334 valence electrons. The molecule has 0 aliphatic heterocycles. The van der Waals surface area contributed by atoms with E-state index in [0.29, 0.717) is 51.6 Å². The van der Waals surface area contributed by atoms with E-state index >= 15 is 0 Å². The number of nitrogens with one attached hydrogen (secondary N) is 6. The third-order valence-corrected chi connectivity index (χ3v) is 9.83. The summed E-state index contributed by atoms with van der Waals surface area (Å²) in [5, 5.41) is 25.3. The van der Waals surface area contributed by atoms with E-state index in [-0.39, 0.29) is 49.7 Å². The van der Waals surface area contributed by atoms with Crippen LogP contribution in [0, 0.1) is 17.8 Å². The van der Waals surface area contributed by atoms with Crippen molar-refractivity contribution in [1.82, 2.24) is 31.9 Å². The van der Waals surface area contributed by atoms with Crippen molar-refractivity contribution in [2.24, 2.45) is 40.7 Å². The first-order valence-electron chi connectivity index (χ1n) is 20.3. The van der Waals surface area contributed by atoms with Gasteiger partial charge in [-0.15, -0.1) is 0 Å². The molecule has 0 bridgehead atoms. The summed E-state index contributed by atoms with van der Waals surface area (Å²) in [5.41, 5.74) is 22.6. The highest BCUT2D eigenvalue weighted by atomic mass is 32.1. The lowest BCUT2D eigenvalue weighted by atomic mass is 9.95. The van der Waals surface area contributed by atoms with Gasteiger partial charge >= 0.3 is 5.97 Å². The van der Waals surface area contributed by atoms with Crippen LogP contribution in [0.5, 0.6) is 0 Å². The molecule has 0 aromatic rings. The molecule has 0 aromatic heterocycles. The molecule has 8 unspecified atom stereocenters. The van der Waals surface area contributed by atoms with Gasteiger partial charge in [0, 0.05) is 12.2 Å². The van der Waals surface area contributed by atoms with Crippen LogP contribution >= 0.6 is 12.6 Å². The molecule has 0 rings (SSSR count). The number of carboxylic acids is 1. The highest BCUT2D eigenvalue weighted by Gasteiger charge is 2.35. The molecule has 0 radical (unpaired) electrons. The zero-order chi connectivity index (χ0) is 44.5. The number of rotatable bonds is 31. The average molecular weight is 845 g/mol. The number of primary amides is 1. The van der Waals surface area contributed by atoms with E-state index < -0.39 is 95.5 Å². The fourth-order valence-electron chi connectivity index (χ4n) is 5.86. The minimum atomic E-state index is -1.38. The van der Waals surface area contributed by atoms with E-state index in [0.717, 1.165) is 0 Å². The first kappa shape index (κ1) is 54.0. The van der Waals surface area contributed by atoms with Crippen molar-refractivity contribution in [1.29, 1.82) is 0 Å². The average Bonchev–Trinajstić information content (AvgIpc) is 3.15. The molecule has 0 aliphatic carbocycles. The number of thiol groups is 1. The smallest absolute Gasteiger partial charge is 0.326 e. The molecule has 0 saturated carbocycles. The Balaban J connectivity index is 6.20. The lowest BCUT2D eigenvalue weighted by Gasteiger charge is -2.29. The molecule has 0 aromatic carbocycles. The van der Waals surface area contributed by atoms with Crippen LogP contribution in [0.15, 0.2) is 0 Å². The van der Waals surface area contributed by atoms with Gasteiger partial charge < -0.3 is 59.9 Å². The maximum atomic E-state index is 13.7. The maximum absolute atomic E-state index is 13.7. The van der Waals surface area contributed by atoms with Crippen LogP contribution in [0.2, 0.25) is 0 Å². The second kappa shape index (κ2) is 29.2. The zero-order valence-electron chi connectivity index (χ0n) is 35.1. The van der Waals surface area contributed by atoms with E-state index in [1.54, 1.807) is 6.92 Å². The molecular weight excluding hydrogens is 773 g/mol. The summed E-state index contributed by atoms with van der Waals surface area (Å²) in [6, 6.07) is -8.19. The van der Waals surface area contributed by atoms with Crippen LogP contribution in [0.25, 0.3) is 0 Å². The third-order valence-electron chi connectivity index (χ3n) is 9.47. The fourth-order valence-corrected chi connectivity index (χ4v) is 6.12. The fraction of sp³-hybridized carbons (Fsp3) is 0.789. The Hall–Kier alpha value is -4.01. The Bertz CT molecular complexity index is 1340. The van der Waals surface area contributed by atoms with Gasteiger partial charge in [0.05, 0.1) is 6.04 Å². The van der Waals surface area contributed by atoms with Gasteiger partial charge in [0.2, 0.25) is 41.4 Å². The molecule has 19 nitrogen and oxygen atoms in total. The third kappa shape index (κ3) is 21.7. The Kier molecular flexibility index (Phi) is 27.2. The van der Waals surface area contributed by atoms with Crippen LogP contribution < -0.4 is 54.8 Å². The van der Waals surface area contributed by atoms with Gasteiger partial charge in [-0.05, 0) is 82.2 Å². The first-order chi connectivity index (χ1) is 27.2. The van der Waals surface area contributed by atoms with Gasteiger partial charge in [-0.3, -0.25) is 33.6 Å². The molecule has 20 heteroatoms. The monoisotopic (exact) mass is 845 g/mol. The number of unbranched alkanes of at least 4 members (excludes halogenated alkanes) is 2. The Morgan fingerprint density at radius 3 is 1.48 bits per heavy atom.